The summed E-state index contributed by atoms with van der Waals surface area (Å²) in [5.41, 5.74) is 0.165. The van der Waals surface area contributed by atoms with Gasteiger partial charge in [-0.3, -0.25) is 0 Å². The molecule has 0 bridgehead atoms. The monoisotopic (exact) mass is 304 g/mol. The minimum Gasteiger partial charge on any atom is -0.415 e. The summed E-state index contributed by atoms with van der Waals surface area (Å²) in [4.78, 5) is 0. The van der Waals surface area contributed by atoms with Crippen LogP contribution in [0.25, 0.3) is 0 Å². The van der Waals surface area contributed by atoms with E-state index in [2.05, 4.69) is 53.9 Å². The summed E-state index contributed by atoms with van der Waals surface area (Å²) in [5.74, 6) is 0. The van der Waals surface area contributed by atoms with Gasteiger partial charge in [-0.1, -0.05) is 33.0 Å². The largest absolute Gasteiger partial charge is 0.415 e. The van der Waals surface area contributed by atoms with Crippen LogP contribution in [0.1, 0.15) is 47.0 Å². The summed E-state index contributed by atoms with van der Waals surface area (Å²) in [6.07, 6.45) is 3.54. The minimum absolute atomic E-state index is 0.165. The summed E-state index contributed by atoms with van der Waals surface area (Å²) in [5, 5.41) is 0. The van der Waals surface area contributed by atoms with Gasteiger partial charge in [0.05, 0.1) is 13.2 Å². The van der Waals surface area contributed by atoms with Crippen molar-refractivity contribution in [3.63, 3.8) is 0 Å². The van der Waals surface area contributed by atoms with Crippen molar-refractivity contribution in [2.45, 2.75) is 84.8 Å². The highest BCUT2D eigenvalue weighted by molar-refractivity contribution is 7.38. The molecular weight excluding hydrogens is 268 g/mol. The van der Waals surface area contributed by atoms with Crippen molar-refractivity contribution in [1.29, 1.82) is 0 Å². The van der Waals surface area contributed by atoms with Crippen molar-refractivity contribution in [2.24, 2.45) is 0 Å². The topological polar surface area (TPSA) is 18.5 Å². The molecule has 4 heteroatoms. The van der Waals surface area contributed by atoms with E-state index in [9.17, 15) is 0 Å². The highest BCUT2D eigenvalue weighted by atomic mass is 29.3. The molecular formula is C15H36O2Si2. The highest BCUT2D eigenvalue weighted by Gasteiger charge is 2.49. The summed E-state index contributed by atoms with van der Waals surface area (Å²) in [7, 11) is -2.30. The molecule has 1 fully saturated rings. The van der Waals surface area contributed by atoms with Crippen LogP contribution in [0.2, 0.25) is 32.2 Å². The molecule has 1 aliphatic rings. The third kappa shape index (κ3) is 7.07. The van der Waals surface area contributed by atoms with Gasteiger partial charge < -0.3 is 9.16 Å². The molecule has 0 spiro atoms. The fourth-order valence-corrected chi connectivity index (χ4v) is 9.61. The number of hydrogen-bond acceptors (Lipinski definition) is 2. The zero-order valence-corrected chi connectivity index (χ0v) is 16.6. The third-order valence-corrected chi connectivity index (χ3v) is 20.9. The molecule has 0 aromatic carbocycles. The van der Waals surface area contributed by atoms with Gasteiger partial charge in [-0.25, -0.2) is 0 Å². The number of ether oxygens (including phenoxy) is 1. The van der Waals surface area contributed by atoms with E-state index in [-0.39, 0.29) is 5.60 Å². The van der Waals surface area contributed by atoms with Gasteiger partial charge in [0, 0.05) is 13.2 Å². The lowest BCUT2D eigenvalue weighted by molar-refractivity contribution is 0.0933. The van der Waals surface area contributed by atoms with Gasteiger partial charge >= 0.3 is 0 Å². The van der Waals surface area contributed by atoms with Gasteiger partial charge in [0.1, 0.15) is 0 Å². The first-order chi connectivity index (χ1) is 8.58. The lowest BCUT2D eigenvalue weighted by atomic mass is 10.1. The molecule has 1 saturated heterocycles. The maximum Gasteiger partial charge on any atom is 0.174 e. The Kier molecular flexibility index (Phi) is 8.11. The van der Waals surface area contributed by atoms with Gasteiger partial charge in [0.2, 0.25) is 0 Å². The molecule has 0 aliphatic carbocycles. The summed E-state index contributed by atoms with van der Waals surface area (Å²) in [6.45, 7) is 20.4. The van der Waals surface area contributed by atoms with Crippen LogP contribution in [0.4, 0.5) is 0 Å². The number of hydrogen-bond donors (Lipinski definition) is 0. The van der Waals surface area contributed by atoms with Crippen LogP contribution in [0.5, 0.6) is 0 Å². The first kappa shape index (κ1) is 19.4. The molecule has 0 aromatic rings. The van der Waals surface area contributed by atoms with Crippen LogP contribution in [-0.2, 0) is 9.16 Å². The summed E-state index contributed by atoms with van der Waals surface area (Å²) in [6, 6.07) is 1.46. The van der Waals surface area contributed by atoms with Gasteiger partial charge in [-0.2, -0.15) is 0 Å². The second-order valence-corrected chi connectivity index (χ2v) is 22.5. The summed E-state index contributed by atoms with van der Waals surface area (Å²) >= 11 is 0. The van der Waals surface area contributed by atoms with Crippen molar-refractivity contribution in [2.75, 3.05) is 13.2 Å². The second kappa shape index (κ2) is 7.96. The Morgan fingerprint density at radius 2 is 1.47 bits per heavy atom. The Morgan fingerprint density at radius 1 is 1.00 bits per heavy atom. The van der Waals surface area contributed by atoms with Crippen molar-refractivity contribution in [3.8, 4) is 0 Å². The maximum absolute atomic E-state index is 6.28. The Labute approximate surface area is 123 Å². The molecule has 0 amide bonds. The van der Waals surface area contributed by atoms with Crippen molar-refractivity contribution < 1.29 is 9.16 Å². The van der Waals surface area contributed by atoms with Crippen LogP contribution >= 0.6 is 0 Å². The zero-order valence-electron chi connectivity index (χ0n) is 14.6. The van der Waals surface area contributed by atoms with E-state index in [1.807, 2.05) is 0 Å². The first-order valence-corrected chi connectivity index (χ1v) is 15.0. The smallest absolute Gasteiger partial charge is 0.174 e. The van der Waals surface area contributed by atoms with Crippen LogP contribution in [0.15, 0.2) is 0 Å². The molecule has 1 rings (SSSR count). The predicted octanol–water partition coefficient (Wildman–Crippen LogP) is 5.00. The lowest BCUT2D eigenvalue weighted by Gasteiger charge is -2.49. The number of rotatable bonds is 4. The molecule has 19 heavy (non-hydrogen) atoms. The Balaban J connectivity index is 0.000000399. The minimum atomic E-state index is -1.31. The Bertz CT molecular complexity index is 247. The molecule has 0 N–H and O–H groups in total. The average molecular weight is 305 g/mol. The van der Waals surface area contributed by atoms with E-state index in [0.717, 1.165) is 26.1 Å². The zero-order chi connectivity index (χ0) is 15.2. The molecule has 1 heterocycles. The quantitative estimate of drug-likeness (QED) is 0.537. The molecule has 1 aliphatic heterocycles. The molecule has 0 aromatic heterocycles. The van der Waals surface area contributed by atoms with E-state index in [0.29, 0.717) is 0 Å². The van der Waals surface area contributed by atoms with Gasteiger partial charge in [0.15, 0.2) is 7.83 Å². The van der Waals surface area contributed by atoms with Gasteiger partial charge in [-0.15, -0.1) is 0 Å². The average Bonchev–Trinajstić information content (AvgIpc) is 2.25. The lowest BCUT2D eigenvalue weighted by Crippen LogP contribution is -2.63. The Morgan fingerprint density at radius 3 is 1.79 bits per heavy atom. The van der Waals surface area contributed by atoms with E-state index in [1.54, 1.807) is 0 Å². The first-order valence-electron chi connectivity index (χ1n) is 7.86. The molecule has 0 unspecified atom stereocenters. The fourth-order valence-electron chi connectivity index (χ4n) is 2.19. The van der Waals surface area contributed by atoms with Crippen LogP contribution in [0, 0.1) is 0 Å². The fraction of sp³-hybridized carbons (Fsp3) is 1.00. The van der Waals surface area contributed by atoms with Crippen molar-refractivity contribution in [3.05, 3.63) is 0 Å². The summed E-state index contributed by atoms with van der Waals surface area (Å²) < 4.78 is 11.4. The van der Waals surface area contributed by atoms with E-state index >= 15 is 0 Å². The molecule has 2 nitrogen and oxygen atoms in total. The molecule has 116 valence electrons. The molecule has 0 saturated carbocycles. The van der Waals surface area contributed by atoms with Gasteiger partial charge in [-0.05, 0) is 46.2 Å². The van der Waals surface area contributed by atoms with E-state index < -0.39 is 15.4 Å². The van der Waals surface area contributed by atoms with Gasteiger partial charge in [0.25, 0.3) is 0 Å². The third-order valence-electron chi connectivity index (χ3n) is 4.21. The molecule has 0 atom stereocenters. The SMILES string of the molecule is CC1(C)CC[Si](C)(C)[Si](C)(C)O1.CCCOCCC. The molecule has 0 radical (unpaired) electrons. The highest BCUT2D eigenvalue weighted by Crippen LogP contribution is 2.38. The van der Waals surface area contributed by atoms with Crippen LogP contribution in [-0.4, -0.2) is 34.2 Å². The standard InChI is InChI=1S/C9H22OSi2.C6H14O/c1-9(2)7-8-11(3,4)12(5,6)10-9;1-3-5-7-6-4-2/h7-8H2,1-6H3;3-6H2,1-2H3. The van der Waals surface area contributed by atoms with E-state index in [1.165, 1.54) is 12.5 Å². The maximum atomic E-state index is 6.28. The Hall–Kier alpha value is 0.354. The second-order valence-electron chi connectivity index (χ2n) is 7.37. The van der Waals surface area contributed by atoms with E-state index in [4.69, 9.17) is 9.16 Å². The van der Waals surface area contributed by atoms with Crippen molar-refractivity contribution >= 4 is 15.4 Å². The normalized spacial score (nSPS) is 23.4. The van der Waals surface area contributed by atoms with Crippen molar-refractivity contribution in [1.82, 2.24) is 0 Å². The van der Waals surface area contributed by atoms with Crippen LogP contribution < -0.4 is 0 Å². The predicted molar refractivity (Wildman–Crippen MR) is 91.0 cm³/mol. The van der Waals surface area contributed by atoms with Crippen LogP contribution in [0.3, 0.4) is 0 Å².